The molecule has 168 valence electrons. The number of amides is 2. The molecule has 5 rings (SSSR count). The maximum absolute atomic E-state index is 13.7. The summed E-state index contributed by atoms with van der Waals surface area (Å²) in [5.41, 5.74) is 2.90. The Labute approximate surface area is 196 Å². The Bertz CT molecular complexity index is 1340. The first-order chi connectivity index (χ1) is 15.9. The number of fused-ring (bicyclic) bond motifs is 2. The zero-order valence-electron chi connectivity index (χ0n) is 17.5. The highest BCUT2D eigenvalue weighted by Crippen LogP contribution is 2.37. The van der Waals surface area contributed by atoms with E-state index in [0.717, 1.165) is 20.9 Å². The molecular weight excluding hydrogens is 496 g/mol. The molecule has 1 aliphatic heterocycles. The molecule has 2 amide bonds. The number of anilines is 3. The molecule has 0 bridgehead atoms. The van der Waals surface area contributed by atoms with Crippen LogP contribution < -0.4 is 14.5 Å². The number of hydrogen-bond acceptors (Lipinski definition) is 4. The van der Waals surface area contributed by atoms with Crippen LogP contribution in [0.2, 0.25) is 0 Å². The van der Waals surface area contributed by atoms with Crippen LogP contribution >= 0.6 is 15.9 Å². The molecule has 2 aromatic carbocycles. The van der Waals surface area contributed by atoms with Crippen molar-refractivity contribution in [1.82, 2.24) is 14.8 Å². The molecule has 0 aliphatic carbocycles. The fourth-order valence-electron chi connectivity index (χ4n) is 3.78. The summed E-state index contributed by atoms with van der Waals surface area (Å²) in [7, 11) is 1.84. The van der Waals surface area contributed by atoms with E-state index in [9.17, 15) is 13.6 Å². The van der Waals surface area contributed by atoms with E-state index in [1.54, 1.807) is 33.8 Å². The van der Waals surface area contributed by atoms with Gasteiger partial charge in [-0.05, 0) is 48.5 Å². The summed E-state index contributed by atoms with van der Waals surface area (Å²) in [5, 5.41) is 5.30. The lowest BCUT2D eigenvalue weighted by Crippen LogP contribution is -2.45. The second-order valence-corrected chi connectivity index (χ2v) is 8.48. The first kappa shape index (κ1) is 21.3. The number of aromatic nitrogens is 3. The van der Waals surface area contributed by atoms with Gasteiger partial charge in [0.1, 0.15) is 5.82 Å². The summed E-state index contributed by atoms with van der Waals surface area (Å²) < 4.78 is 32.9. The molecule has 0 N–H and O–H groups in total. The van der Waals surface area contributed by atoms with Crippen molar-refractivity contribution >= 4 is 50.1 Å². The fraction of sp³-hybridized carbons (Fsp3) is 0.174. The molecule has 1 aliphatic rings. The van der Waals surface area contributed by atoms with Crippen molar-refractivity contribution < 1.29 is 18.3 Å². The van der Waals surface area contributed by atoms with Gasteiger partial charge in [-0.1, -0.05) is 15.9 Å². The highest BCUT2D eigenvalue weighted by molar-refractivity contribution is 9.10. The van der Waals surface area contributed by atoms with Crippen LogP contribution in [-0.4, -0.2) is 33.8 Å². The largest absolute Gasteiger partial charge is 0.472 e. The molecule has 10 heteroatoms. The number of carbonyl (C=O) groups is 1. The van der Waals surface area contributed by atoms with Crippen LogP contribution in [-0.2, 0) is 13.6 Å². The minimum Gasteiger partial charge on any atom is -0.472 e. The number of aryl methyl sites for hydroxylation is 1. The zero-order chi connectivity index (χ0) is 23.1. The average Bonchev–Trinajstić information content (AvgIpc) is 3.17. The van der Waals surface area contributed by atoms with Crippen molar-refractivity contribution in [3.63, 3.8) is 0 Å². The van der Waals surface area contributed by atoms with E-state index in [-0.39, 0.29) is 18.5 Å². The summed E-state index contributed by atoms with van der Waals surface area (Å²) in [6.07, 6.45) is -0.730. The van der Waals surface area contributed by atoms with Gasteiger partial charge in [-0.15, -0.1) is 0 Å². The van der Waals surface area contributed by atoms with Crippen LogP contribution in [0.25, 0.3) is 10.9 Å². The zero-order valence-corrected chi connectivity index (χ0v) is 19.0. The van der Waals surface area contributed by atoms with Crippen LogP contribution in [0.1, 0.15) is 5.56 Å². The predicted molar refractivity (Wildman–Crippen MR) is 124 cm³/mol. The fourth-order valence-corrected chi connectivity index (χ4v) is 4.05. The molecule has 0 unspecified atom stereocenters. The van der Waals surface area contributed by atoms with E-state index in [2.05, 4.69) is 26.0 Å². The molecular formula is C23H18BrF2N5O2. The van der Waals surface area contributed by atoms with Crippen molar-refractivity contribution in [2.75, 3.05) is 16.4 Å². The number of carbonyl (C=O) groups excluding carboxylic acids is 1. The van der Waals surface area contributed by atoms with Gasteiger partial charge in [0.05, 0.1) is 17.7 Å². The molecule has 0 saturated heterocycles. The van der Waals surface area contributed by atoms with E-state index in [1.807, 2.05) is 43.6 Å². The van der Waals surface area contributed by atoms with Crippen LogP contribution in [0.4, 0.5) is 30.8 Å². The first-order valence-corrected chi connectivity index (χ1v) is 10.9. The van der Waals surface area contributed by atoms with Gasteiger partial charge in [0.25, 0.3) is 6.43 Å². The molecule has 0 saturated carbocycles. The van der Waals surface area contributed by atoms with Gasteiger partial charge in [-0.25, -0.2) is 18.5 Å². The second-order valence-electron chi connectivity index (χ2n) is 7.56. The topological polar surface area (TPSA) is 63.5 Å². The third-order valence-corrected chi connectivity index (χ3v) is 5.78. The van der Waals surface area contributed by atoms with Gasteiger partial charge in [-0.2, -0.15) is 10.1 Å². The summed E-state index contributed by atoms with van der Waals surface area (Å²) in [6, 6.07) is 15.8. The number of hydrogen-bond donors (Lipinski definition) is 0. The molecule has 0 atom stereocenters. The maximum atomic E-state index is 13.7. The summed E-state index contributed by atoms with van der Waals surface area (Å²) >= 11 is 3.41. The van der Waals surface area contributed by atoms with Gasteiger partial charge >= 0.3 is 6.03 Å². The van der Waals surface area contributed by atoms with E-state index < -0.39 is 13.0 Å². The molecule has 2 aromatic heterocycles. The lowest BCUT2D eigenvalue weighted by atomic mass is 10.1. The van der Waals surface area contributed by atoms with Gasteiger partial charge in [0.15, 0.2) is 6.61 Å². The van der Waals surface area contributed by atoms with Gasteiger partial charge in [0.2, 0.25) is 5.88 Å². The second kappa shape index (κ2) is 8.43. The Balaban J connectivity index is 1.59. The van der Waals surface area contributed by atoms with Gasteiger partial charge in [0, 0.05) is 40.4 Å². The number of urea groups is 1. The van der Waals surface area contributed by atoms with E-state index in [0.29, 0.717) is 17.2 Å². The number of rotatable bonds is 5. The average molecular weight is 514 g/mol. The number of ether oxygens (including phenoxy) is 1. The smallest absolute Gasteiger partial charge is 0.335 e. The van der Waals surface area contributed by atoms with Crippen molar-refractivity contribution in [1.29, 1.82) is 0 Å². The highest BCUT2D eigenvalue weighted by atomic mass is 79.9. The molecule has 0 fully saturated rings. The summed E-state index contributed by atoms with van der Waals surface area (Å²) in [5.74, 6) is 0.391. The maximum Gasteiger partial charge on any atom is 0.335 e. The van der Waals surface area contributed by atoms with Crippen molar-refractivity contribution in [3.8, 4) is 5.88 Å². The monoisotopic (exact) mass is 513 g/mol. The normalized spacial score (nSPS) is 13.7. The lowest BCUT2D eigenvalue weighted by Gasteiger charge is -2.36. The number of nitrogens with zero attached hydrogens (tertiary/aromatic N) is 5. The molecule has 33 heavy (non-hydrogen) atoms. The Morgan fingerprint density at radius 1 is 1.09 bits per heavy atom. The van der Waals surface area contributed by atoms with E-state index >= 15 is 0 Å². The highest BCUT2D eigenvalue weighted by Gasteiger charge is 2.34. The van der Waals surface area contributed by atoms with Crippen molar-refractivity contribution in [2.24, 2.45) is 7.05 Å². The predicted octanol–water partition coefficient (Wildman–Crippen LogP) is 5.65. The third-order valence-electron chi connectivity index (χ3n) is 5.25. The molecule has 7 nitrogen and oxygen atoms in total. The Morgan fingerprint density at radius 2 is 1.85 bits per heavy atom. The minimum absolute atomic E-state index is 0.0363. The minimum atomic E-state index is -2.62. The number of pyridine rings is 1. The van der Waals surface area contributed by atoms with Crippen LogP contribution in [0.15, 0.2) is 65.3 Å². The van der Waals surface area contributed by atoms with E-state index in [4.69, 9.17) is 4.74 Å². The lowest BCUT2D eigenvalue weighted by molar-refractivity contribution is 0.0796. The number of benzene rings is 2. The Morgan fingerprint density at radius 3 is 2.61 bits per heavy atom. The molecule has 3 heterocycles. The third kappa shape index (κ3) is 4.13. The standard InChI is InChI=1S/C23H18BrF2N5O2/c1-29-11-15-10-18(7-8-19(15)28-29)30-12-14-2-9-21(33-13-20(25)26)27-22(14)31(23(30)32)17-5-3-16(24)4-6-17/h2-11,20H,12-13H2,1H3. The van der Waals surface area contributed by atoms with Crippen LogP contribution in [0.3, 0.4) is 0 Å². The number of halogens is 3. The SMILES string of the molecule is Cn1cc2cc(N3Cc4ccc(OCC(F)F)nc4N(c4ccc(Br)cc4)C3=O)ccc2n1. The number of alkyl halides is 2. The summed E-state index contributed by atoms with van der Waals surface area (Å²) in [4.78, 5) is 21.2. The Hall–Kier alpha value is -3.53. The Kier molecular flexibility index (Phi) is 5.45. The molecule has 4 aromatic rings. The van der Waals surface area contributed by atoms with Crippen molar-refractivity contribution in [2.45, 2.75) is 13.0 Å². The summed E-state index contributed by atoms with van der Waals surface area (Å²) in [6.45, 7) is -0.496. The van der Waals surface area contributed by atoms with Gasteiger partial charge in [-0.3, -0.25) is 9.58 Å². The van der Waals surface area contributed by atoms with Gasteiger partial charge < -0.3 is 4.74 Å². The molecule has 0 radical (unpaired) electrons. The van der Waals surface area contributed by atoms with Crippen molar-refractivity contribution in [3.05, 3.63) is 70.8 Å². The van der Waals surface area contributed by atoms with Crippen LogP contribution in [0, 0.1) is 0 Å². The van der Waals surface area contributed by atoms with E-state index in [1.165, 1.54) is 4.90 Å². The quantitative estimate of drug-likeness (QED) is 0.345. The van der Waals surface area contributed by atoms with Crippen LogP contribution in [0.5, 0.6) is 5.88 Å². The molecule has 0 spiro atoms. The first-order valence-electron chi connectivity index (χ1n) is 10.1.